The summed E-state index contributed by atoms with van der Waals surface area (Å²) in [6.07, 6.45) is 2.83. The molecule has 4 aromatic rings. The van der Waals surface area contributed by atoms with Crippen molar-refractivity contribution >= 4 is 34.6 Å². The average molecular weight is 504 g/mol. The monoisotopic (exact) mass is 503 g/mol. The number of hydrogen-bond acceptors (Lipinski definition) is 8. The smallest absolute Gasteiger partial charge is 0.226 e. The molecule has 0 radical (unpaired) electrons. The van der Waals surface area contributed by atoms with Crippen LogP contribution in [0.2, 0.25) is 0 Å². The average Bonchev–Trinajstić information content (AvgIpc) is 3.31. The molecule has 0 aliphatic carbocycles. The first kappa shape index (κ1) is 26.1. The molecule has 2 aromatic heterocycles. The standard InChI is InChI=1S/C28H37N7O2/c1-6-16-35(17-7-2)26-24-25(33-28(31-24)30-21-11-8-19(3)9-12-21)32-27(34-26)29-15-14-20-10-13-22(36-4)23(18-20)37-5/h8-13,18H,6-7,14-17H2,1-5H3,(H3,29,30,31,32,33,34). The van der Waals surface area contributed by atoms with Crippen LogP contribution in [0.15, 0.2) is 42.5 Å². The Bertz CT molecular complexity index is 1300. The van der Waals surface area contributed by atoms with E-state index in [0.29, 0.717) is 24.1 Å². The highest BCUT2D eigenvalue weighted by atomic mass is 16.5. The fourth-order valence-corrected chi connectivity index (χ4v) is 4.24. The lowest BCUT2D eigenvalue weighted by Crippen LogP contribution is -2.26. The quantitative estimate of drug-likeness (QED) is 0.214. The van der Waals surface area contributed by atoms with Gasteiger partial charge in [0, 0.05) is 25.3 Å². The molecule has 0 bridgehead atoms. The van der Waals surface area contributed by atoms with Crippen LogP contribution in [-0.4, -0.2) is 53.8 Å². The second-order valence-corrected chi connectivity index (χ2v) is 9.00. The Morgan fingerprint density at radius 3 is 2.30 bits per heavy atom. The van der Waals surface area contributed by atoms with Crippen molar-refractivity contribution in [3.8, 4) is 11.5 Å². The number of nitrogens with zero attached hydrogens (tertiary/aromatic N) is 4. The molecule has 9 heteroatoms. The van der Waals surface area contributed by atoms with Crippen LogP contribution in [0.5, 0.6) is 11.5 Å². The lowest BCUT2D eigenvalue weighted by Gasteiger charge is -2.23. The van der Waals surface area contributed by atoms with Gasteiger partial charge in [-0.25, -0.2) is 0 Å². The Hall–Kier alpha value is -4.01. The van der Waals surface area contributed by atoms with Crippen LogP contribution in [-0.2, 0) is 6.42 Å². The predicted octanol–water partition coefficient (Wildman–Crippen LogP) is 5.70. The fraction of sp³-hybridized carbons (Fsp3) is 0.393. The van der Waals surface area contributed by atoms with Crippen molar-refractivity contribution in [3.05, 3.63) is 53.6 Å². The zero-order valence-corrected chi connectivity index (χ0v) is 22.4. The van der Waals surface area contributed by atoms with Gasteiger partial charge in [-0.2, -0.15) is 15.0 Å². The summed E-state index contributed by atoms with van der Waals surface area (Å²) in [7, 11) is 3.29. The van der Waals surface area contributed by atoms with Gasteiger partial charge in [0.15, 0.2) is 23.0 Å². The molecule has 37 heavy (non-hydrogen) atoms. The van der Waals surface area contributed by atoms with Crippen LogP contribution < -0.4 is 25.0 Å². The minimum absolute atomic E-state index is 0.563. The van der Waals surface area contributed by atoms with Crippen LogP contribution in [0.4, 0.5) is 23.4 Å². The Balaban J connectivity index is 1.59. The van der Waals surface area contributed by atoms with Crippen LogP contribution in [0.25, 0.3) is 11.2 Å². The second-order valence-electron chi connectivity index (χ2n) is 9.00. The number of aromatic amines is 1. The third kappa shape index (κ3) is 6.41. The summed E-state index contributed by atoms with van der Waals surface area (Å²) in [5.41, 5.74) is 4.77. The van der Waals surface area contributed by atoms with E-state index in [2.05, 4.69) is 53.4 Å². The summed E-state index contributed by atoms with van der Waals surface area (Å²) in [4.78, 5) is 20.1. The van der Waals surface area contributed by atoms with Gasteiger partial charge in [-0.05, 0) is 56.0 Å². The number of aromatic nitrogens is 4. The van der Waals surface area contributed by atoms with Crippen molar-refractivity contribution < 1.29 is 9.47 Å². The van der Waals surface area contributed by atoms with Gasteiger partial charge in [0.05, 0.1) is 14.2 Å². The molecule has 3 N–H and O–H groups in total. The van der Waals surface area contributed by atoms with E-state index in [0.717, 1.165) is 66.4 Å². The number of imidazole rings is 1. The highest BCUT2D eigenvalue weighted by Gasteiger charge is 2.18. The number of fused-ring (bicyclic) bond motifs is 1. The molecule has 2 aromatic carbocycles. The number of H-pyrrole nitrogens is 1. The molecule has 0 saturated heterocycles. The molecule has 196 valence electrons. The van der Waals surface area contributed by atoms with Gasteiger partial charge in [-0.1, -0.05) is 37.6 Å². The number of aryl methyl sites for hydroxylation is 1. The summed E-state index contributed by atoms with van der Waals surface area (Å²) in [5, 5.41) is 6.76. The Labute approximate surface area is 218 Å². The van der Waals surface area contributed by atoms with Crippen LogP contribution >= 0.6 is 0 Å². The first-order valence-electron chi connectivity index (χ1n) is 12.9. The van der Waals surface area contributed by atoms with E-state index in [4.69, 9.17) is 24.4 Å². The molecule has 0 spiro atoms. The van der Waals surface area contributed by atoms with Gasteiger partial charge in [-0.15, -0.1) is 0 Å². The van der Waals surface area contributed by atoms with Gasteiger partial charge in [-0.3, -0.25) is 0 Å². The van der Waals surface area contributed by atoms with Crippen LogP contribution in [0, 0.1) is 6.92 Å². The Kier molecular flexibility index (Phi) is 8.66. The van der Waals surface area contributed by atoms with E-state index in [9.17, 15) is 0 Å². The number of ether oxygens (including phenoxy) is 2. The number of methoxy groups -OCH3 is 2. The van der Waals surface area contributed by atoms with E-state index in [1.807, 2.05) is 30.3 Å². The topological polar surface area (TPSA) is 100 Å². The zero-order valence-electron chi connectivity index (χ0n) is 22.4. The highest BCUT2D eigenvalue weighted by molar-refractivity contribution is 5.87. The fourth-order valence-electron chi connectivity index (χ4n) is 4.24. The van der Waals surface area contributed by atoms with Crippen molar-refractivity contribution in [1.82, 2.24) is 19.9 Å². The molecule has 0 aliphatic rings. The van der Waals surface area contributed by atoms with Gasteiger partial charge >= 0.3 is 0 Å². The van der Waals surface area contributed by atoms with Crippen LogP contribution in [0.1, 0.15) is 37.8 Å². The van der Waals surface area contributed by atoms with Gasteiger partial charge in [0.25, 0.3) is 0 Å². The molecule has 2 heterocycles. The predicted molar refractivity (Wildman–Crippen MR) is 151 cm³/mol. The molecule has 0 amide bonds. The summed E-state index contributed by atoms with van der Waals surface area (Å²) in [6.45, 7) is 8.92. The molecule has 4 rings (SSSR count). The van der Waals surface area contributed by atoms with Crippen molar-refractivity contribution in [2.45, 2.75) is 40.0 Å². The van der Waals surface area contributed by atoms with Crippen molar-refractivity contribution in [2.24, 2.45) is 0 Å². The minimum atomic E-state index is 0.563. The highest BCUT2D eigenvalue weighted by Crippen LogP contribution is 2.29. The van der Waals surface area contributed by atoms with E-state index < -0.39 is 0 Å². The van der Waals surface area contributed by atoms with Crippen molar-refractivity contribution in [1.29, 1.82) is 0 Å². The minimum Gasteiger partial charge on any atom is -0.493 e. The Morgan fingerprint density at radius 2 is 1.62 bits per heavy atom. The first-order chi connectivity index (χ1) is 18.0. The van der Waals surface area contributed by atoms with Gasteiger partial charge in [0.1, 0.15) is 5.52 Å². The van der Waals surface area contributed by atoms with E-state index >= 15 is 0 Å². The molecule has 0 fully saturated rings. The van der Waals surface area contributed by atoms with Crippen molar-refractivity contribution in [2.75, 3.05) is 49.4 Å². The number of hydrogen-bond donors (Lipinski definition) is 3. The molecule has 0 aliphatic heterocycles. The molecule has 0 atom stereocenters. The molecular weight excluding hydrogens is 466 g/mol. The maximum absolute atomic E-state index is 5.44. The maximum atomic E-state index is 5.44. The summed E-state index contributed by atoms with van der Waals surface area (Å²) in [5.74, 6) is 3.52. The van der Waals surface area contributed by atoms with E-state index in [1.54, 1.807) is 14.2 Å². The van der Waals surface area contributed by atoms with E-state index in [-0.39, 0.29) is 0 Å². The van der Waals surface area contributed by atoms with Crippen LogP contribution in [0.3, 0.4) is 0 Å². The third-order valence-corrected chi connectivity index (χ3v) is 6.08. The normalized spacial score (nSPS) is 10.9. The van der Waals surface area contributed by atoms with Gasteiger partial charge < -0.3 is 30.0 Å². The molecule has 0 unspecified atom stereocenters. The van der Waals surface area contributed by atoms with E-state index in [1.165, 1.54) is 5.56 Å². The largest absolute Gasteiger partial charge is 0.493 e. The molecule has 0 saturated carbocycles. The molecular formula is C28H37N7O2. The number of benzene rings is 2. The number of anilines is 4. The number of rotatable bonds is 13. The maximum Gasteiger partial charge on any atom is 0.226 e. The molecule has 9 nitrogen and oxygen atoms in total. The number of nitrogens with one attached hydrogen (secondary N) is 3. The zero-order chi connectivity index (χ0) is 26.2. The third-order valence-electron chi connectivity index (χ3n) is 6.08. The first-order valence-corrected chi connectivity index (χ1v) is 12.9. The Morgan fingerprint density at radius 1 is 0.892 bits per heavy atom. The summed E-state index contributed by atoms with van der Waals surface area (Å²) in [6, 6.07) is 14.2. The van der Waals surface area contributed by atoms with Crippen molar-refractivity contribution in [3.63, 3.8) is 0 Å². The lowest BCUT2D eigenvalue weighted by atomic mass is 10.1. The lowest BCUT2D eigenvalue weighted by molar-refractivity contribution is 0.354. The SMILES string of the molecule is CCCN(CCC)c1nc(NCCc2ccc(OC)c(OC)c2)nc2nc(Nc3ccc(C)cc3)[nH]c12. The second kappa shape index (κ2) is 12.3. The summed E-state index contributed by atoms with van der Waals surface area (Å²) < 4.78 is 10.8. The summed E-state index contributed by atoms with van der Waals surface area (Å²) >= 11 is 0. The van der Waals surface area contributed by atoms with Gasteiger partial charge in [0.2, 0.25) is 11.9 Å².